The molecule has 2 rings (SSSR count). The average molecular weight is 374 g/mol. The normalized spacial score (nSPS) is 10.4. The van der Waals surface area contributed by atoms with Crippen molar-refractivity contribution in [2.75, 3.05) is 27.8 Å². The number of carbonyl (C=O) groups excluding carboxylic acids is 2. The van der Waals surface area contributed by atoms with Gasteiger partial charge in [0, 0.05) is 33.4 Å². The highest BCUT2D eigenvalue weighted by Crippen LogP contribution is 2.28. The molecule has 0 saturated carbocycles. The van der Waals surface area contributed by atoms with Crippen LogP contribution in [0.1, 0.15) is 27.3 Å². The number of benzene rings is 1. The first-order valence-electron chi connectivity index (χ1n) is 8.52. The van der Waals surface area contributed by atoms with Gasteiger partial charge in [-0.25, -0.2) is 0 Å². The summed E-state index contributed by atoms with van der Waals surface area (Å²) < 4.78 is 12.5. The smallest absolute Gasteiger partial charge is 0.259 e. The molecule has 0 fully saturated rings. The zero-order chi connectivity index (χ0) is 20.1. The van der Waals surface area contributed by atoms with Crippen molar-refractivity contribution in [1.29, 1.82) is 0 Å². The monoisotopic (exact) mass is 374 g/mol. The Morgan fingerprint density at radius 2 is 1.93 bits per heavy atom. The molecule has 0 spiro atoms. The molecule has 0 aliphatic rings. The molecular formula is C19H26N4O4. The van der Waals surface area contributed by atoms with Crippen LogP contribution in [-0.2, 0) is 18.4 Å². The van der Waals surface area contributed by atoms with E-state index in [2.05, 4.69) is 10.4 Å². The van der Waals surface area contributed by atoms with Crippen molar-refractivity contribution in [3.63, 3.8) is 0 Å². The van der Waals surface area contributed by atoms with Crippen LogP contribution in [0.15, 0.2) is 18.2 Å². The number of rotatable bonds is 7. The number of hydrogen-bond donors (Lipinski definition) is 1. The summed E-state index contributed by atoms with van der Waals surface area (Å²) in [6, 6.07) is 5.32. The summed E-state index contributed by atoms with van der Waals surface area (Å²) in [6.07, 6.45) is 0. The van der Waals surface area contributed by atoms with E-state index in [0.29, 0.717) is 29.3 Å². The van der Waals surface area contributed by atoms with Crippen LogP contribution in [0.5, 0.6) is 11.5 Å². The van der Waals surface area contributed by atoms with Crippen LogP contribution in [0.3, 0.4) is 0 Å². The summed E-state index contributed by atoms with van der Waals surface area (Å²) in [5.74, 6) is 0.661. The number of aryl methyl sites for hydroxylation is 2. The number of carbonyl (C=O) groups is 2. The Hall–Kier alpha value is -3.03. The Labute approximate surface area is 159 Å². The largest absolute Gasteiger partial charge is 0.493 e. The van der Waals surface area contributed by atoms with Gasteiger partial charge in [-0.05, 0) is 31.5 Å². The fourth-order valence-corrected chi connectivity index (χ4v) is 2.58. The molecule has 1 aromatic heterocycles. The van der Waals surface area contributed by atoms with Gasteiger partial charge in [0.1, 0.15) is 0 Å². The summed E-state index contributed by atoms with van der Waals surface area (Å²) in [5.41, 5.74) is 2.95. The van der Waals surface area contributed by atoms with Gasteiger partial charge >= 0.3 is 0 Å². The number of hydrogen-bond acceptors (Lipinski definition) is 5. The topological polar surface area (TPSA) is 85.7 Å². The molecule has 0 saturated heterocycles. The fourth-order valence-electron chi connectivity index (χ4n) is 2.58. The molecule has 0 unspecified atom stereocenters. The Balaban J connectivity index is 2.05. The highest BCUT2D eigenvalue weighted by Gasteiger charge is 2.17. The number of aromatic nitrogens is 2. The minimum absolute atomic E-state index is 0.0704. The van der Waals surface area contributed by atoms with E-state index in [-0.39, 0.29) is 18.4 Å². The van der Waals surface area contributed by atoms with Crippen molar-refractivity contribution in [1.82, 2.24) is 20.0 Å². The van der Waals surface area contributed by atoms with E-state index in [0.717, 1.165) is 11.3 Å². The SMILES string of the molecule is COc1cc(CNC(=O)c2c(C)nn(C)c2C)ccc1OCC(=O)N(C)C. The van der Waals surface area contributed by atoms with Crippen LogP contribution < -0.4 is 14.8 Å². The van der Waals surface area contributed by atoms with Crippen molar-refractivity contribution < 1.29 is 19.1 Å². The molecule has 146 valence electrons. The van der Waals surface area contributed by atoms with Gasteiger partial charge in [-0.2, -0.15) is 5.10 Å². The van der Waals surface area contributed by atoms with Gasteiger partial charge in [0.15, 0.2) is 18.1 Å². The van der Waals surface area contributed by atoms with Crippen LogP contribution in [0.4, 0.5) is 0 Å². The Kier molecular flexibility index (Phi) is 6.44. The molecule has 0 aliphatic heterocycles. The van der Waals surface area contributed by atoms with E-state index >= 15 is 0 Å². The van der Waals surface area contributed by atoms with E-state index in [4.69, 9.17) is 9.47 Å². The molecule has 0 atom stereocenters. The quantitative estimate of drug-likeness (QED) is 0.793. The molecule has 8 heteroatoms. The molecule has 0 aliphatic carbocycles. The standard InChI is InChI=1S/C19H26N4O4/c1-12-18(13(2)23(5)21-12)19(25)20-10-14-7-8-15(16(9-14)26-6)27-11-17(24)22(3)4/h7-9H,10-11H2,1-6H3,(H,20,25). The Morgan fingerprint density at radius 3 is 2.48 bits per heavy atom. The lowest BCUT2D eigenvalue weighted by Gasteiger charge is -2.14. The van der Waals surface area contributed by atoms with Gasteiger partial charge < -0.3 is 19.7 Å². The Bertz CT molecular complexity index is 842. The summed E-state index contributed by atoms with van der Waals surface area (Å²) in [7, 11) is 6.67. The molecule has 2 aromatic rings. The highest BCUT2D eigenvalue weighted by molar-refractivity contribution is 5.96. The van der Waals surface area contributed by atoms with Gasteiger partial charge in [0.05, 0.1) is 18.4 Å². The minimum atomic E-state index is -0.172. The van der Waals surface area contributed by atoms with Crippen molar-refractivity contribution in [2.24, 2.45) is 7.05 Å². The lowest BCUT2D eigenvalue weighted by Crippen LogP contribution is -2.27. The summed E-state index contributed by atoms with van der Waals surface area (Å²) in [4.78, 5) is 25.6. The number of ether oxygens (including phenoxy) is 2. The highest BCUT2D eigenvalue weighted by atomic mass is 16.5. The predicted molar refractivity (Wildman–Crippen MR) is 101 cm³/mol. The van der Waals surface area contributed by atoms with Crippen molar-refractivity contribution >= 4 is 11.8 Å². The first-order valence-corrected chi connectivity index (χ1v) is 8.52. The number of amides is 2. The molecule has 0 bridgehead atoms. The lowest BCUT2D eigenvalue weighted by molar-refractivity contribution is -0.130. The third-order valence-electron chi connectivity index (χ3n) is 4.27. The molecule has 1 N–H and O–H groups in total. The van der Waals surface area contributed by atoms with E-state index in [1.165, 1.54) is 12.0 Å². The van der Waals surface area contributed by atoms with Gasteiger partial charge in [0.25, 0.3) is 11.8 Å². The first kappa shape index (κ1) is 20.3. The van der Waals surface area contributed by atoms with Crippen LogP contribution in [0, 0.1) is 13.8 Å². The maximum atomic E-state index is 12.5. The second-order valence-corrected chi connectivity index (χ2v) is 6.41. The van der Waals surface area contributed by atoms with Crippen LogP contribution in [0.25, 0.3) is 0 Å². The van der Waals surface area contributed by atoms with E-state index in [1.807, 2.05) is 27.0 Å². The number of methoxy groups -OCH3 is 1. The Morgan fingerprint density at radius 1 is 1.22 bits per heavy atom. The fraction of sp³-hybridized carbons (Fsp3) is 0.421. The van der Waals surface area contributed by atoms with Gasteiger partial charge in [0.2, 0.25) is 0 Å². The predicted octanol–water partition coefficient (Wildman–Crippen LogP) is 1.44. The van der Waals surface area contributed by atoms with Gasteiger partial charge in [-0.15, -0.1) is 0 Å². The van der Waals surface area contributed by atoms with E-state index in [9.17, 15) is 9.59 Å². The van der Waals surface area contributed by atoms with Crippen molar-refractivity contribution in [3.05, 3.63) is 40.7 Å². The zero-order valence-corrected chi connectivity index (χ0v) is 16.6. The van der Waals surface area contributed by atoms with Crippen molar-refractivity contribution in [2.45, 2.75) is 20.4 Å². The van der Waals surface area contributed by atoms with Crippen LogP contribution in [0.2, 0.25) is 0 Å². The number of nitrogens with one attached hydrogen (secondary N) is 1. The summed E-state index contributed by atoms with van der Waals surface area (Å²) in [5, 5.41) is 7.16. The average Bonchev–Trinajstić information content (AvgIpc) is 2.89. The molecule has 8 nitrogen and oxygen atoms in total. The molecule has 0 radical (unpaired) electrons. The summed E-state index contributed by atoms with van der Waals surface area (Å²) >= 11 is 0. The first-order chi connectivity index (χ1) is 12.7. The number of nitrogens with zero attached hydrogens (tertiary/aromatic N) is 3. The third-order valence-corrected chi connectivity index (χ3v) is 4.27. The van der Waals surface area contributed by atoms with Gasteiger partial charge in [-0.1, -0.05) is 6.07 Å². The van der Waals surface area contributed by atoms with Crippen LogP contribution >= 0.6 is 0 Å². The zero-order valence-electron chi connectivity index (χ0n) is 16.6. The third kappa shape index (κ3) is 4.78. The maximum absolute atomic E-state index is 12.5. The molecule has 27 heavy (non-hydrogen) atoms. The second kappa shape index (κ2) is 8.57. The minimum Gasteiger partial charge on any atom is -0.493 e. The van der Waals surface area contributed by atoms with Gasteiger partial charge in [-0.3, -0.25) is 14.3 Å². The molecular weight excluding hydrogens is 348 g/mol. The second-order valence-electron chi connectivity index (χ2n) is 6.41. The molecule has 1 heterocycles. The van der Waals surface area contributed by atoms with Crippen molar-refractivity contribution in [3.8, 4) is 11.5 Å². The summed E-state index contributed by atoms with van der Waals surface area (Å²) in [6.45, 7) is 3.93. The van der Waals surface area contributed by atoms with E-state index < -0.39 is 0 Å². The molecule has 1 aromatic carbocycles. The maximum Gasteiger partial charge on any atom is 0.259 e. The van der Waals surface area contributed by atoms with E-state index in [1.54, 1.807) is 30.9 Å². The number of likely N-dealkylation sites (N-methyl/N-ethyl adjacent to an activating group) is 1. The molecule has 2 amide bonds. The van der Waals surface area contributed by atoms with Crippen LogP contribution in [-0.4, -0.2) is 54.3 Å². The lowest BCUT2D eigenvalue weighted by atomic mass is 10.1.